The van der Waals surface area contributed by atoms with E-state index in [-0.39, 0.29) is 0 Å². The summed E-state index contributed by atoms with van der Waals surface area (Å²) in [5.41, 5.74) is 5.65. The number of nitrogens with zero attached hydrogens (tertiary/aromatic N) is 4. The van der Waals surface area contributed by atoms with Crippen LogP contribution in [-0.2, 0) is 0 Å². The topological polar surface area (TPSA) is 67.0 Å². The van der Waals surface area contributed by atoms with Crippen LogP contribution in [0.1, 0.15) is 30.7 Å². The summed E-state index contributed by atoms with van der Waals surface area (Å²) in [4.78, 5) is 7.95. The Hall–Kier alpha value is -3.56. The number of amidine groups is 1. The van der Waals surface area contributed by atoms with Gasteiger partial charge in [-0.1, -0.05) is 42.0 Å². The summed E-state index contributed by atoms with van der Waals surface area (Å²) >= 11 is 5.82. The largest absolute Gasteiger partial charge is 0.305 e. The third-order valence-corrected chi connectivity index (χ3v) is 6.05. The standard InChI is InChI=1S/C25H23N5S/c1-16-5-7-18(8-6-16)19-9-11-20(12-10-19)30-24(31)29(23(27)25(30,3)4)21-13-17(2)22(14-26)28-15-21/h5-13,15,27H,1-4H3. The van der Waals surface area contributed by atoms with E-state index in [1.54, 1.807) is 11.1 Å². The van der Waals surface area contributed by atoms with Gasteiger partial charge in [-0.25, -0.2) is 4.98 Å². The van der Waals surface area contributed by atoms with Crippen LogP contribution in [0.2, 0.25) is 0 Å². The zero-order valence-electron chi connectivity index (χ0n) is 18.0. The third-order valence-electron chi connectivity index (χ3n) is 5.68. The van der Waals surface area contributed by atoms with Crippen LogP contribution in [0.3, 0.4) is 0 Å². The lowest BCUT2D eigenvalue weighted by Crippen LogP contribution is -2.44. The van der Waals surface area contributed by atoms with Crippen molar-refractivity contribution >= 4 is 34.5 Å². The van der Waals surface area contributed by atoms with Crippen molar-refractivity contribution in [3.05, 3.63) is 77.6 Å². The Bertz CT molecular complexity index is 1220. The van der Waals surface area contributed by atoms with Gasteiger partial charge in [-0.3, -0.25) is 10.3 Å². The SMILES string of the molecule is Cc1ccc(-c2ccc(N3C(=S)N(c4cnc(C#N)c(C)c4)C(=N)C3(C)C)cc2)cc1. The van der Waals surface area contributed by atoms with Gasteiger partial charge < -0.3 is 4.90 Å². The lowest BCUT2D eigenvalue weighted by atomic mass is 10.0. The average Bonchev–Trinajstić information content (AvgIpc) is 2.92. The molecule has 0 amide bonds. The molecule has 1 fully saturated rings. The Labute approximate surface area is 188 Å². The van der Waals surface area contributed by atoms with Crippen molar-refractivity contribution in [1.29, 1.82) is 10.7 Å². The van der Waals surface area contributed by atoms with Crippen molar-refractivity contribution in [3.8, 4) is 17.2 Å². The molecule has 154 valence electrons. The highest BCUT2D eigenvalue weighted by molar-refractivity contribution is 7.81. The highest BCUT2D eigenvalue weighted by atomic mass is 32.1. The van der Waals surface area contributed by atoms with Gasteiger partial charge in [0.05, 0.1) is 17.4 Å². The molecule has 1 N–H and O–H groups in total. The van der Waals surface area contributed by atoms with Crippen LogP contribution < -0.4 is 9.80 Å². The van der Waals surface area contributed by atoms with E-state index in [1.165, 1.54) is 5.56 Å². The highest BCUT2D eigenvalue weighted by Gasteiger charge is 2.47. The molecule has 0 bridgehead atoms. The predicted molar refractivity (Wildman–Crippen MR) is 130 cm³/mol. The molecular weight excluding hydrogens is 402 g/mol. The smallest absolute Gasteiger partial charge is 0.187 e. The summed E-state index contributed by atoms with van der Waals surface area (Å²) < 4.78 is 0. The first-order valence-electron chi connectivity index (χ1n) is 10.0. The second-order valence-electron chi connectivity index (χ2n) is 8.24. The molecule has 1 aliphatic rings. The molecule has 1 aromatic heterocycles. The Balaban J connectivity index is 1.69. The maximum atomic E-state index is 9.17. The fraction of sp³-hybridized carbons (Fsp3) is 0.200. The first kappa shape index (κ1) is 20.7. The van der Waals surface area contributed by atoms with Crippen LogP contribution in [0.5, 0.6) is 0 Å². The molecule has 6 heteroatoms. The molecule has 0 aliphatic carbocycles. The Kier molecular flexibility index (Phi) is 5.08. The second kappa shape index (κ2) is 7.60. The molecule has 2 heterocycles. The number of aromatic nitrogens is 1. The normalized spacial score (nSPS) is 15.3. The summed E-state index contributed by atoms with van der Waals surface area (Å²) in [5.74, 6) is 0.367. The fourth-order valence-corrected chi connectivity index (χ4v) is 4.37. The number of pyridine rings is 1. The third kappa shape index (κ3) is 3.47. The van der Waals surface area contributed by atoms with Crippen molar-refractivity contribution in [1.82, 2.24) is 4.98 Å². The van der Waals surface area contributed by atoms with Crippen LogP contribution in [0.15, 0.2) is 60.8 Å². The van der Waals surface area contributed by atoms with Gasteiger partial charge in [-0.05, 0) is 74.8 Å². The molecule has 2 aromatic carbocycles. The van der Waals surface area contributed by atoms with Crippen LogP contribution in [0.4, 0.5) is 11.4 Å². The average molecular weight is 426 g/mol. The number of aryl methyl sites for hydroxylation is 2. The van der Waals surface area contributed by atoms with Gasteiger partial charge in [0.15, 0.2) is 5.11 Å². The predicted octanol–water partition coefficient (Wildman–Crippen LogP) is 5.60. The van der Waals surface area contributed by atoms with Crippen LogP contribution in [-0.4, -0.2) is 21.5 Å². The highest BCUT2D eigenvalue weighted by Crippen LogP contribution is 2.37. The van der Waals surface area contributed by atoms with Crippen LogP contribution >= 0.6 is 12.2 Å². The number of rotatable bonds is 3. The molecule has 0 unspecified atom stereocenters. The van der Waals surface area contributed by atoms with E-state index in [1.807, 2.05) is 43.9 Å². The maximum absolute atomic E-state index is 9.17. The van der Waals surface area contributed by atoms with Crippen molar-refractivity contribution in [2.24, 2.45) is 0 Å². The zero-order chi connectivity index (χ0) is 22.3. The molecule has 31 heavy (non-hydrogen) atoms. The first-order valence-corrected chi connectivity index (χ1v) is 10.4. The summed E-state index contributed by atoms with van der Waals surface area (Å²) in [6.45, 7) is 7.89. The minimum Gasteiger partial charge on any atom is -0.305 e. The second-order valence-corrected chi connectivity index (χ2v) is 8.61. The molecule has 0 spiro atoms. The van der Waals surface area contributed by atoms with E-state index in [2.05, 4.69) is 54.4 Å². The number of nitrogens with one attached hydrogen (secondary N) is 1. The number of nitriles is 1. The van der Waals surface area contributed by atoms with E-state index in [0.717, 1.165) is 22.4 Å². The van der Waals surface area contributed by atoms with Gasteiger partial charge in [0.2, 0.25) is 0 Å². The van der Waals surface area contributed by atoms with Gasteiger partial charge in [0.25, 0.3) is 0 Å². The lowest BCUT2D eigenvalue weighted by molar-refractivity contribution is 0.700. The van der Waals surface area contributed by atoms with Crippen LogP contribution in [0, 0.1) is 30.6 Å². The molecule has 4 rings (SSSR count). The van der Waals surface area contributed by atoms with Gasteiger partial charge in [0.1, 0.15) is 17.6 Å². The van der Waals surface area contributed by atoms with Gasteiger partial charge in [-0.2, -0.15) is 5.26 Å². The van der Waals surface area contributed by atoms with E-state index in [0.29, 0.717) is 22.3 Å². The number of hydrogen-bond donors (Lipinski definition) is 1. The van der Waals surface area contributed by atoms with Crippen molar-refractivity contribution in [3.63, 3.8) is 0 Å². The molecule has 0 atom stereocenters. The molecular formula is C25H23N5S. The van der Waals surface area contributed by atoms with Gasteiger partial charge >= 0.3 is 0 Å². The Morgan fingerprint density at radius 2 is 1.55 bits per heavy atom. The minimum atomic E-state index is -0.635. The zero-order valence-corrected chi connectivity index (χ0v) is 18.8. The van der Waals surface area contributed by atoms with Crippen LogP contribution in [0.25, 0.3) is 11.1 Å². The van der Waals surface area contributed by atoms with Crippen molar-refractivity contribution in [2.45, 2.75) is 33.2 Å². The molecule has 3 aromatic rings. The Morgan fingerprint density at radius 3 is 2.10 bits per heavy atom. The summed E-state index contributed by atoms with van der Waals surface area (Å²) in [5, 5.41) is 18.5. The number of thiocarbonyl (C=S) groups is 1. The fourth-order valence-electron chi connectivity index (χ4n) is 3.84. The van der Waals surface area contributed by atoms with E-state index >= 15 is 0 Å². The minimum absolute atomic E-state index is 0.367. The molecule has 0 saturated carbocycles. The molecule has 0 radical (unpaired) electrons. The van der Waals surface area contributed by atoms with E-state index in [4.69, 9.17) is 22.9 Å². The molecule has 1 saturated heterocycles. The number of hydrogen-bond acceptors (Lipinski definition) is 4. The summed E-state index contributed by atoms with van der Waals surface area (Å²) in [7, 11) is 0. The van der Waals surface area contributed by atoms with Crippen molar-refractivity contribution < 1.29 is 0 Å². The van der Waals surface area contributed by atoms with Crippen molar-refractivity contribution in [2.75, 3.05) is 9.80 Å². The summed E-state index contributed by atoms with van der Waals surface area (Å²) in [6, 6.07) is 20.6. The molecule has 5 nitrogen and oxygen atoms in total. The quantitative estimate of drug-likeness (QED) is 0.553. The monoisotopic (exact) mass is 425 g/mol. The Morgan fingerprint density at radius 1 is 0.968 bits per heavy atom. The van der Waals surface area contributed by atoms with E-state index < -0.39 is 5.54 Å². The lowest BCUT2D eigenvalue weighted by Gasteiger charge is -2.30. The van der Waals surface area contributed by atoms with Gasteiger partial charge in [0, 0.05) is 5.69 Å². The number of benzene rings is 2. The number of anilines is 2. The molecule has 1 aliphatic heterocycles. The van der Waals surface area contributed by atoms with E-state index in [9.17, 15) is 0 Å². The first-order chi connectivity index (χ1) is 14.7. The van der Waals surface area contributed by atoms with Gasteiger partial charge in [-0.15, -0.1) is 0 Å². The maximum Gasteiger partial charge on any atom is 0.187 e. The summed E-state index contributed by atoms with van der Waals surface area (Å²) in [6.07, 6.45) is 1.60.